The first kappa shape index (κ1) is 10.3. The van der Waals surface area contributed by atoms with Crippen LogP contribution in [0.1, 0.15) is 1.43 Å². The molecule has 38 valence electrons. The first-order valence-corrected chi connectivity index (χ1v) is 1.57. The standard InChI is InChI=1S/C3H7NO2.Na.H/c1-4-3(5)6-2;;/h1-2H3,(H,4,5);;/q;+1;-1. The van der Waals surface area contributed by atoms with Gasteiger partial charge in [0.2, 0.25) is 0 Å². The molecule has 0 rings (SSSR count). The third-order valence-corrected chi connectivity index (χ3v) is 0.390. The molecular formula is C3H8NNaO2. The van der Waals surface area contributed by atoms with Gasteiger partial charge in [-0.25, -0.2) is 4.79 Å². The van der Waals surface area contributed by atoms with Crippen molar-refractivity contribution in [3.05, 3.63) is 0 Å². The van der Waals surface area contributed by atoms with E-state index in [2.05, 4.69) is 10.1 Å². The van der Waals surface area contributed by atoms with E-state index >= 15 is 0 Å². The molecule has 0 saturated heterocycles. The second-order valence-corrected chi connectivity index (χ2v) is 0.742. The monoisotopic (exact) mass is 113 g/mol. The molecule has 0 atom stereocenters. The van der Waals surface area contributed by atoms with Gasteiger partial charge in [-0.3, -0.25) is 0 Å². The molecule has 3 nitrogen and oxygen atoms in total. The second kappa shape index (κ2) is 6.27. The Morgan fingerprint density at radius 1 is 1.86 bits per heavy atom. The summed E-state index contributed by atoms with van der Waals surface area (Å²) >= 11 is 0. The van der Waals surface area contributed by atoms with Crippen LogP contribution in [0.15, 0.2) is 0 Å². The minimum absolute atomic E-state index is 0. The van der Waals surface area contributed by atoms with Crippen LogP contribution >= 0.6 is 0 Å². The van der Waals surface area contributed by atoms with Crippen LogP contribution in [-0.2, 0) is 4.74 Å². The molecule has 0 fully saturated rings. The summed E-state index contributed by atoms with van der Waals surface area (Å²) in [7, 11) is 2.82. The Labute approximate surface area is 66.2 Å². The largest absolute Gasteiger partial charge is 1.00 e. The van der Waals surface area contributed by atoms with Gasteiger partial charge in [-0.05, 0) is 0 Å². The molecule has 0 saturated carbocycles. The van der Waals surface area contributed by atoms with E-state index in [1.165, 1.54) is 14.2 Å². The Morgan fingerprint density at radius 2 is 2.29 bits per heavy atom. The number of carbonyl (C=O) groups excluding carboxylic acids is 1. The number of ether oxygens (including phenoxy) is 1. The predicted octanol–water partition coefficient (Wildman–Crippen LogP) is -2.91. The third kappa shape index (κ3) is 6.27. The minimum Gasteiger partial charge on any atom is -1.00 e. The maximum absolute atomic E-state index is 9.85. The van der Waals surface area contributed by atoms with Crippen molar-refractivity contribution >= 4 is 6.09 Å². The first-order chi connectivity index (χ1) is 2.81. The fourth-order valence-electron chi connectivity index (χ4n) is 0.102. The normalized spacial score (nSPS) is 6.00. The number of nitrogens with one attached hydrogen (secondary N) is 1. The van der Waals surface area contributed by atoms with E-state index < -0.39 is 6.09 Å². The molecule has 0 aliphatic heterocycles. The number of hydrogen-bond acceptors (Lipinski definition) is 2. The summed E-state index contributed by atoms with van der Waals surface area (Å²) < 4.78 is 4.15. The van der Waals surface area contributed by atoms with Gasteiger partial charge in [0, 0.05) is 7.05 Å². The summed E-state index contributed by atoms with van der Waals surface area (Å²) in [5.41, 5.74) is 0. The zero-order chi connectivity index (χ0) is 4.99. The molecule has 0 heterocycles. The van der Waals surface area contributed by atoms with Crippen LogP contribution in [0.25, 0.3) is 0 Å². The van der Waals surface area contributed by atoms with Crippen LogP contribution in [0, 0.1) is 0 Å². The van der Waals surface area contributed by atoms with E-state index in [1.807, 2.05) is 0 Å². The van der Waals surface area contributed by atoms with Crippen LogP contribution < -0.4 is 34.9 Å². The number of hydrogen-bond donors (Lipinski definition) is 1. The van der Waals surface area contributed by atoms with Gasteiger partial charge in [-0.2, -0.15) is 0 Å². The van der Waals surface area contributed by atoms with Crippen LogP contribution in [0.3, 0.4) is 0 Å². The van der Waals surface area contributed by atoms with E-state index in [0.717, 1.165) is 0 Å². The summed E-state index contributed by atoms with van der Waals surface area (Å²) in [5, 5.41) is 2.25. The Kier molecular flexibility index (Phi) is 9.22. The van der Waals surface area contributed by atoms with Gasteiger partial charge in [0.05, 0.1) is 7.11 Å². The summed E-state index contributed by atoms with van der Waals surface area (Å²) in [6.45, 7) is 0. The Hall–Kier alpha value is 0.270. The molecule has 0 aromatic carbocycles. The molecule has 4 heteroatoms. The SMILES string of the molecule is CNC(=O)OC.[H-].[Na+]. The van der Waals surface area contributed by atoms with Gasteiger partial charge >= 0.3 is 35.7 Å². The molecule has 0 radical (unpaired) electrons. The van der Waals surface area contributed by atoms with Crippen LogP contribution in [0.5, 0.6) is 0 Å². The van der Waals surface area contributed by atoms with Crippen molar-refractivity contribution in [3.8, 4) is 0 Å². The molecule has 0 aromatic rings. The first-order valence-electron chi connectivity index (χ1n) is 1.57. The molecule has 0 aliphatic rings. The molecule has 0 unspecified atom stereocenters. The number of alkyl carbamates (subject to hydrolysis) is 1. The summed E-state index contributed by atoms with van der Waals surface area (Å²) in [4.78, 5) is 9.85. The molecule has 0 aliphatic carbocycles. The zero-order valence-corrected chi connectivity index (χ0v) is 6.82. The fourth-order valence-corrected chi connectivity index (χ4v) is 0.102. The molecule has 7 heavy (non-hydrogen) atoms. The minimum atomic E-state index is -0.407. The van der Waals surface area contributed by atoms with Crippen molar-refractivity contribution in [1.29, 1.82) is 0 Å². The molecule has 1 amide bonds. The average molecular weight is 113 g/mol. The van der Waals surface area contributed by atoms with Crippen molar-refractivity contribution in [1.82, 2.24) is 5.32 Å². The van der Waals surface area contributed by atoms with E-state index in [9.17, 15) is 4.79 Å². The van der Waals surface area contributed by atoms with Gasteiger partial charge in [0.1, 0.15) is 0 Å². The third-order valence-electron chi connectivity index (χ3n) is 0.390. The fraction of sp³-hybridized carbons (Fsp3) is 0.667. The average Bonchev–Trinajstić information content (AvgIpc) is 1.65. The number of methoxy groups -OCH3 is 1. The Morgan fingerprint density at radius 3 is 2.29 bits per heavy atom. The van der Waals surface area contributed by atoms with E-state index in [-0.39, 0.29) is 31.0 Å². The topological polar surface area (TPSA) is 38.3 Å². The second-order valence-electron chi connectivity index (χ2n) is 0.742. The molecule has 1 N–H and O–H groups in total. The van der Waals surface area contributed by atoms with E-state index in [4.69, 9.17) is 0 Å². The number of amides is 1. The Bertz CT molecular complexity index is 55.2. The number of rotatable bonds is 0. The zero-order valence-electron chi connectivity index (χ0n) is 5.82. The van der Waals surface area contributed by atoms with Gasteiger partial charge in [0.25, 0.3) is 0 Å². The summed E-state index contributed by atoms with van der Waals surface area (Å²) in [5.74, 6) is 0. The summed E-state index contributed by atoms with van der Waals surface area (Å²) in [6.07, 6.45) is -0.407. The van der Waals surface area contributed by atoms with E-state index in [0.29, 0.717) is 0 Å². The van der Waals surface area contributed by atoms with Gasteiger partial charge in [0.15, 0.2) is 0 Å². The van der Waals surface area contributed by atoms with Crippen LogP contribution in [-0.4, -0.2) is 20.3 Å². The molecular weight excluding hydrogens is 105 g/mol. The van der Waals surface area contributed by atoms with Gasteiger partial charge < -0.3 is 11.5 Å². The van der Waals surface area contributed by atoms with Gasteiger partial charge in [-0.15, -0.1) is 0 Å². The van der Waals surface area contributed by atoms with Crippen molar-refractivity contribution in [3.63, 3.8) is 0 Å². The smallest absolute Gasteiger partial charge is 1.00 e. The molecule has 0 spiro atoms. The van der Waals surface area contributed by atoms with Crippen molar-refractivity contribution in [2.24, 2.45) is 0 Å². The van der Waals surface area contributed by atoms with Gasteiger partial charge in [-0.1, -0.05) is 0 Å². The predicted molar refractivity (Wildman–Crippen MR) is 22.6 cm³/mol. The summed E-state index contributed by atoms with van der Waals surface area (Å²) in [6, 6.07) is 0. The Balaban J connectivity index is -0.000000125. The van der Waals surface area contributed by atoms with Crippen LogP contribution in [0.2, 0.25) is 0 Å². The van der Waals surface area contributed by atoms with Crippen molar-refractivity contribution in [2.75, 3.05) is 14.2 Å². The van der Waals surface area contributed by atoms with Crippen molar-refractivity contribution < 1.29 is 40.5 Å². The van der Waals surface area contributed by atoms with Crippen molar-refractivity contribution in [2.45, 2.75) is 0 Å². The maximum Gasteiger partial charge on any atom is 1.00 e. The molecule has 0 bridgehead atoms. The molecule has 0 aromatic heterocycles. The van der Waals surface area contributed by atoms with E-state index in [1.54, 1.807) is 0 Å². The maximum atomic E-state index is 9.85. The van der Waals surface area contributed by atoms with Crippen LogP contribution in [0.4, 0.5) is 4.79 Å². The number of carbonyl (C=O) groups is 1. The quantitative estimate of drug-likeness (QED) is 0.342.